The average Bonchev–Trinajstić information content (AvgIpc) is 2.26. The van der Waals surface area contributed by atoms with Crippen molar-refractivity contribution in [3.8, 4) is 0 Å². The van der Waals surface area contributed by atoms with Crippen LogP contribution in [0.2, 0.25) is 0 Å². The molecular formula is C13H18O. The summed E-state index contributed by atoms with van der Waals surface area (Å²) >= 11 is 0. The third kappa shape index (κ3) is 2.71. The quantitative estimate of drug-likeness (QED) is 0.724. The van der Waals surface area contributed by atoms with Gasteiger partial charge in [0.05, 0.1) is 0 Å². The summed E-state index contributed by atoms with van der Waals surface area (Å²) in [5.74, 6) is 0.597. The van der Waals surface area contributed by atoms with Gasteiger partial charge < -0.3 is 5.11 Å². The normalized spacial score (nSPS) is 15.6. The second kappa shape index (κ2) is 5.61. The molecule has 0 aliphatic heterocycles. The first kappa shape index (κ1) is 11.0. The van der Waals surface area contributed by atoms with Crippen LogP contribution in [0.1, 0.15) is 25.3 Å². The van der Waals surface area contributed by atoms with E-state index in [9.17, 15) is 0 Å². The van der Waals surface area contributed by atoms with Gasteiger partial charge in [-0.1, -0.05) is 49.4 Å². The lowest BCUT2D eigenvalue weighted by atomic mass is 9.87. The van der Waals surface area contributed by atoms with E-state index in [-0.39, 0.29) is 12.5 Å². The number of aliphatic hydroxyl groups is 1. The molecule has 0 unspecified atom stereocenters. The summed E-state index contributed by atoms with van der Waals surface area (Å²) in [6.45, 7) is 4.31. The minimum atomic E-state index is 0.226. The zero-order chi connectivity index (χ0) is 10.4. The average molecular weight is 190 g/mol. The van der Waals surface area contributed by atoms with E-state index >= 15 is 0 Å². The van der Waals surface area contributed by atoms with Crippen LogP contribution >= 0.6 is 0 Å². The van der Waals surface area contributed by atoms with Gasteiger partial charge in [0.2, 0.25) is 0 Å². The molecule has 14 heavy (non-hydrogen) atoms. The van der Waals surface area contributed by atoms with E-state index in [1.54, 1.807) is 0 Å². The fourth-order valence-corrected chi connectivity index (χ4v) is 1.63. The number of hydrogen-bond acceptors (Lipinski definition) is 1. The molecule has 0 amide bonds. The topological polar surface area (TPSA) is 20.2 Å². The van der Waals surface area contributed by atoms with E-state index in [1.165, 1.54) is 5.56 Å². The molecule has 2 atom stereocenters. The molecule has 0 aliphatic carbocycles. The molecule has 1 N–H and O–H groups in total. The molecule has 0 radical (unpaired) electrons. The Morgan fingerprint density at radius 1 is 1.29 bits per heavy atom. The molecule has 0 saturated heterocycles. The third-order valence-electron chi connectivity index (χ3n) is 2.49. The van der Waals surface area contributed by atoms with Crippen molar-refractivity contribution in [1.82, 2.24) is 0 Å². The van der Waals surface area contributed by atoms with Crippen molar-refractivity contribution in [3.05, 3.63) is 48.0 Å². The van der Waals surface area contributed by atoms with Gasteiger partial charge >= 0.3 is 0 Å². The van der Waals surface area contributed by atoms with Gasteiger partial charge in [0, 0.05) is 12.5 Å². The molecule has 1 nitrogen and oxygen atoms in total. The molecule has 1 aromatic rings. The molecule has 76 valence electrons. The highest BCUT2D eigenvalue weighted by molar-refractivity contribution is 5.24. The Kier molecular flexibility index (Phi) is 4.41. The largest absolute Gasteiger partial charge is 0.396 e. The molecule has 0 fully saturated rings. The Bertz CT molecular complexity index is 277. The van der Waals surface area contributed by atoms with E-state index in [4.69, 9.17) is 5.11 Å². The molecular weight excluding hydrogens is 172 g/mol. The van der Waals surface area contributed by atoms with E-state index in [0.29, 0.717) is 5.92 Å². The van der Waals surface area contributed by atoms with E-state index in [1.807, 2.05) is 31.2 Å². The molecule has 1 heteroatoms. The fraction of sp³-hybridized carbons (Fsp3) is 0.385. The fourth-order valence-electron chi connectivity index (χ4n) is 1.63. The summed E-state index contributed by atoms with van der Waals surface area (Å²) < 4.78 is 0. The van der Waals surface area contributed by atoms with Gasteiger partial charge in [-0.2, -0.15) is 0 Å². The van der Waals surface area contributed by atoms with E-state index in [2.05, 4.69) is 25.1 Å². The molecule has 0 aromatic heterocycles. The SMILES string of the molecule is C/C=C/[C@H](c1ccccc1)[C@@H](C)CO. The Labute approximate surface area is 86.1 Å². The second-order valence-corrected chi connectivity index (χ2v) is 3.62. The summed E-state index contributed by atoms with van der Waals surface area (Å²) in [4.78, 5) is 0. The van der Waals surface area contributed by atoms with Crippen molar-refractivity contribution >= 4 is 0 Å². The summed E-state index contributed by atoms with van der Waals surface area (Å²) in [6.07, 6.45) is 4.19. The second-order valence-electron chi connectivity index (χ2n) is 3.62. The Hall–Kier alpha value is -1.08. The summed E-state index contributed by atoms with van der Waals surface area (Å²) in [5, 5.41) is 9.16. The van der Waals surface area contributed by atoms with Crippen LogP contribution in [-0.4, -0.2) is 11.7 Å². The van der Waals surface area contributed by atoms with Crippen molar-refractivity contribution in [2.75, 3.05) is 6.61 Å². The molecule has 0 bridgehead atoms. The maximum atomic E-state index is 9.16. The standard InChI is InChI=1S/C13H18O/c1-3-7-13(11(2)10-14)12-8-5-4-6-9-12/h3-9,11,13-14H,10H2,1-2H3/b7-3+/t11-,13-/m0/s1. The van der Waals surface area contributed by atoms with Gasteiger partial charge in [-0.05, 0) is 18.4 Å². The molecule has 0 spiro atoms. The monoisotopic (exact) mass is 190 g/mol. The van der Waals surface area contributed by atoms with Crippen molar-refractivity contribution in [2.45, 2.75) is 19.8 Å². The Morgan fingerprint density at radius 3 is 2.43 bits per heavy atom. The van der Waals surface area contributed by atoms with Crippen molar-refractivity contribution in [1.29, 1.82) is 0 Å². The zero-order valence-corrected chi connectivity index (χ0v) is 8.85. The summed E-state index contributed by atoms with van der Waals surface area (Å²) in [5.41, 5.74) is 1.27. The summed E-state index contributed by atoms with van der Waals surface area (Å²) in [6, 6.07) is 10.3. The minimum absolute atomic E-state index is 0.226. The Balaban J connectivity index is 2.88. The van der Waals surface area contributed by atoms with Crippen LogP contribution in [0.25, 0.3) is 0 Å². The van der Waals surface area contributed by atoms with Gasteiger partial charge in [0.25, 0.3) is 0 Å². The van der Waals surface area contributed by atoms with Crippen LogP contribution in [0.5, 0.6) is 0 Å². The van der Waals surface area contributed by atoms with E-state index < -0.39 is 0 Å². The number of rotatable bonds is 4. The molecule has 0 saturated carbocycles. The lowest BCUT2D eigenvalue weighted by Crippen LogP contribution is -2.11. The molecule has 0 aliphatic rings. The first-order valence-corrected chi connectivity index (χ1v) is 5.08. The van der Waals surface area contributed by atoms with Crippen molar-refractivity contribution < 1.29 is 5.11 Å². The lowest BCUT2D eigenvalue weighted by molar-refractivity contribution is 0.227. The van der Waals surface area contributed by atoms with E-state index in [0.717, 1.165) is 0 Å². The highest BCUT2D eigenvalue weighted by atomic mass is 16.3. The maximum Gasteiger partial charge on any atom is 0.0465 e. The van der Waals surface area contributed by atoms with Crippen LogP contribution in [-0.2, 0) is 0 Å². The first-order valence-electron chi connectivity index (χ1n) is 5.08. The lowest BCUT2D eigenvalue weighted by Gasteiger charge is -2.19. The van der Waals surface area contributed by atoms with Gasteiger partial charge in [-0.15, -0.1) is 0 Å². The minimum Gasteiger partial charge on any atom is -0.396 e. The number of allylic oxidation sites excluding steroid dienone is 2. The van der Waals surface area contributed by atoms with Crippen molar-refractivity contribution in [3.63, 3.8) is 0 Å². The highest BCUT2D eigenvalue weighted by Gasteiger charge is 2.14. The number of benzene rings is 1. The zero-order valence-electron chi connectivity index (χ0n) is 8.85. The first-order chi connectivity index (χ1) is 6.79. The smallest absolute Gasteiger partial charge is 0.0465 e. The molecule has 0 heterocycles. The molecule has 1 aromatic carbocycles. The summed E-state index contributed by atoms with van der Waals surface area (Å²) in [7, 11) is 0. The third-order valence-corrected chi connectivity index (χ3v) is 2.49. The van der Waals surface area contributed by atoms with Crippen LogP contribution < -0.4 is 0 Å². The van der Waals surface area contributed by atoms with Gasteiger partial charge in [0.1, 0.15) is 0 Å². The van der Waals surface area contributed by atoms with Crippen LogP contribution in [0.3, 0.4) is 0 Å². The van der Waals surface area contributed by atoms with Gasteiger partial charge in [0.15, 0.2) is 0 Å². The predicted molar refractivity (Wildman–Crippen MR) is 60.2 cm³/mol. The number of aliphatic hydroxyl groups excluding tert-OH is 1. The number of hydrogen-bond donors (Lipinski definition) is 1. The van der Waals surface area contributed by atoms with Gasteiger partial charge in [-0.25, -0.2) is 0 Å². The van der Waals surface area contributed by atoms with Crippen molar-refractivity contribution in [2.24, 2.45) is 5.92 Å². The molecule has 1 rings (SSSR count). The van der Waals surface area contributed by atoms with Crippen LogP contribution in [0, 0.1) is 5.92 Å². The predicted octanol–water partition coefficient (Wildman–Crippen LogP) is 2.97. The van der Waals surface area contributed by atoms with Crippen LogP contribution in [0.4, 0.5) is 0 Å². The van der Waals surface area contributed by atoms with Gasteiger partial charge in [-0.3, -0.25) is 0 Å². The maximum absolute atomic E-state index is 9.16. The highest BCUT2D eigenvalue weighted by Crippen LogP contribution is 2.25. The Morgan fingerprint density at radius 2 is 1.93 bits per heavy atom. The van der Waals surface area contributed by atoms with Crippen LogP contribution in [0.15, 0.2) is 42.5 Å².